The Morgan fingerprint density at radius 2 is 1.97 bits per heavy atom. The van der Waals surface area contributed by atoms with Gasteiger partial charge in [0.05, 0.1) is 19.3 Å². The van der Waals surface area contributed by atoms with Gasteiger partial charge >= 0.3 is 0 Å². The quantitative estimate of drug-likeness (QED) is 0.564. The van der Waals surface area contributed by atoms with E-state index in [1.807, 2.05) is 18.5 Å². The molecule has 2 aliphatic heterocycles. The van der Waals surface area contributed by atoms with Crippen molar-refractivity contribution < 1.29 is 4.74 Å². The Kier molecular flexibility index (Phi) is 7.19. The predicted octanol–water partition coefficient (Wildman–Crippen LogP) is 1.98. The van der Waals surface area contributed by atoms with E-state index in [4.69, 9.17) is 9.73 Å². The third-order valence-electron chi connectivity index (χ3n) is 6.40. The van der Waals surface area contributed by atoms with Crippen LogP contribution < -0.4 is 5.32 Å². The van der Waals surface area contributed by atoms with Crippen molar-refractivity contribution in [1.82, 2.24) is 29.9 Å². The molecule has 0 amide bonds. The molecule has 8 nitrogen and oxygen atoms in total. The normalized spacial score (nSPS) is 21.5. The summed E-state index contributed by atoms with van der Waals surface area (Å²) in [5, 5.41) is 12.1. The van der Waals surface area contributed by atoms with Crippen molar-refractivity contribution >= 4 is 5.96 Å². The van der Waals surface area contributed by atoms with Crippen LogP contribution in [0.1, 0.15) is 36.6 Å². The van der Waals surface area contributed by atoms with Crippen molar-refractivity contribution in [2.24, 2.45) is 18.0 Å². The van der Waals surface area contributed by atoms with Crippen LogP contribution in [0.25, 0.3) is 0 Å². The zero-order valence-corrected chi connectivity index (χ0v) is 19.0. The van der Waals surface area contributed by atoms with Crippen molar-refractivity contribution in [2.45, 2.75) is 32.9 Å². The number of likely N-dealkylation sites (tertiary alicyclic amines) is 1. The van der Waals surface area contributed by atoms with Gasteiger partial charge in [0.15, 0.2) is 11.8 Å². The van der Waals surface area contributed by atoms with E-state index in [9.17, 15) is 0 Å². The molecule has 2 unspecified atom stereocenters. The summed E-state index contributed by atoms with van der Waals surface area (Å²) in [5.74, 6) is 3.41. The molecule has 2 atom stereocenters. The topological polar surface area (TPSA) is 70.8 Å². The van der Waals surface area contributed by atoms with Gasteiger partial charge in [-0.2, -0.15) is 0 Å². The molecule has 2 fully saturated rings. The first-order chi connectivity index (χ1) is 15.1. The van der Waals surface area contributed by atoms with Crippen LogP contribution in [0.4, 0.5) is 0 Å². The molecule has 0 spiro atoms. The van der Waals surface area contributed by atoms with Gasteiger partial charge < -0.3 is 19.5 Å². The van der Waals surface area contributed by atoms with Crippen LogP contribution in [0.2, 0.25) is 0 Å². The van der Waals surface area contributed by atoms with E-state index in [1.165, 1.54) is 12.0 Å². The molecule has 2 aromatic rings. The van der Waals surface area contributed by atoms with E-state index in [0.29, 0.717) is 12.5 Å². The van der Waals surface area contributed by atoms with Crippen molar-refractivity contribution in [1.29, 1.82) is 0 Å². The summed E-state index contributed by atoms with van der Waals surface area (Å²) in [7, 11) is 1.99. The number of aliphatic imine (C=N–C) groups is 1. The first kappa shape index (κ1) is 21.8. The Morgan fingerprint density at radius 3 is 2.68 bits per heavy atom. The zero-order valence-electron chi connectivity index (χ0n) is 19.0. The molecule has 1 N–H and O–H groups in total. The number of guanidine groups is 1. The largest absolute Gasteiger partial charge is 0.379 e. The maximum absolute atomic E-state index is 5.50. The van der Waals surface area contributed by atoms with Crippen molar-refractivity contribution in [2.75, 3.05) is 45.9 Å². The highest BCUT2D eigenvalue weighted by Gasteiger charge is 2.28. The number of rotatable bonds is 6. The van der Waals surface area contributed by atoms with Crippen LogP contribution in [0, 0.1) is 12.8 Å². The number of aryl methyl sites for hydroxylation is 1. The first-order valence-electron chi connectivity index (χ1n) is 11.4. The van der Waals surface area contributed by atoms with Gasteiger partial charge in [-0.25, -0.2) is 4.99 Å². The van der Waals surface area contributed by atoms with E-state index in [2.05, 4.69) is 62.6 Å². The molecule has 2 saturated heterocycles. The van der Waals surface area contributed by atoms with Crippen LogP contribution in [-0.4, -0.2) is 76.5 Å². The predicted molar refractivity (Wildman–Crippen MR) is 122 cm³/mol. The maximum Gasteiger partial charge on any atom is 0.194 e. The number of nitrogens with zero attached hydrogens (tertiary/aromatic N) is 6. The van der Waals surface area contributed by atoms with Gasteiger partial charge in [0.2, 0.25) is 0 Å². The monoisotopic (exact) mass is 425 g/mol. The van der Waals surface area contributed by atoms with E-state index < -0.39 is 0 Å². The minimum atomic E-state index is 0.180. The average Bonchev–Trinajstić information content (AvgIpc) is 3.39. The Morgan fingerprint density at radius 1 is 1.19 bits per heavy atom. The Labute approximate surface area is 185 Å². The lowest BCUT2D eigenvalue weighted by Crippen LogP contribution is -2.43. The molecule has 0 aliphatic carbocycles. The van der Waals surface area contributed by atoms with Gasteiger partial charge in [-0.1, -0.05) is 30.3 Å². The minimum Gasteiger partial charge on any atom is -0.379 e. The van der Waals surface area contributed by atoms with Crippen molar-refractivity contribution in [3.63, 3.8) is 0 Å². The second kappa shape index (κ2) is 10.2. The highest BCUT2D eigenvalue weighted by Crippen LogP contribution is 2.20. The second-order valence-electron chi connectivity index (χ2n) is 8.65. The minimum absolute atomic E-state index is 0.180. The summed E-state index contributed by atoms with van der Waals surface area (Å²) in [6.07, 6.45) is 1.20. The number of hydrogen-bond acceptors (Lipinski definition) is 5. The lowest BCUT2D eigenvalue weighted by molar-refractivity contribution is 0.0315. The fraction of sp³-hybridized carbons (Fsp3) is 0.609. The summed E-state index contributed by atoms with van der Waals surface area (Å²) in [4.78, 5) is 9.92. The molecular formula is C23H35N7O. The summed E-state index contributed by atoms with van der Waals surface area (Å²) in [6, 6.07) is 10.7. The molecule has 31 heavy (non-hydrogen) atoms. The van der Waals surface area contributed by atoms with Crippen LogP contribution in [0.15, 0.2) is 35.3 Å². The van der Waals surface area contributed by atoms with Crippen LogP contribution >= 0.6 is 0 Å². The molecule has 1 aromatic heterocycles. The standard InChI is InChI=1S/C23H35N7O/c1-18(21-7-5-4-6-8-21)25-23(24-15-22-27-26-19(2)28(22)3)30-10-9-20(17-30)16-29-11-13-31-14-12-29/h4-8,18,20H,9-17H2,1-3H3,(H,24,25). The second-order valence-corrected chi connectivity index (χ2v) is 8.65. The molecule has 2 aliphatic rings. The average molecular weight is 426 g/mol. The third kappa shape index (κ3) is 5.62. The van der Waals surface area contributed by atoms with Crippen molar-refractivity contribution in [3.8, 4) is 0 Å². The van der Waals surface area contributed by atoms with Crippen LogP contribution in [0.3, 0.4) is 0 Å². The number of morpholine rings is 1. The third-order valence-corrected chi connectivity index (χ3v) is 6.40. The number of benzene rings is 1. The summed E-state index contributed by atoms with van der Waals surface area (Å²) in [5.41, 5.74) is 1.26. The maximum atomic E-state index is 5.50. The Balaban J connectivity index is 1.45. The van der Waals surface area contributed by atoms with E-state index in [1.54, 1.807) is 0 Å². The van der Waals surface area contributed by atoms with Gasteiger partial charge in [0.25, 0.3) is 0 Å². The van der Waals surface area contributed by atoms with Crippen LogP contribution in [-0.2, 0) is 18.3 Å². The molecule has 0 bridgehead atoms. The van der Waals surface area contributed by atoms with Crippen molar-refractivity contribution in [3.05, 3.63) is 47.5 Å². The number of aromatic nitrogens is 3. The fourth-order valence-corrected chi connectivity index (χ4v) is 4.31. The number of ether oxygens (including phenoxy) is 1. The lowest BCUT2D eigenvalue weighted by Gasteiger charge is -2.29. The van der Waals surface area contributed by atoms with Gasteiger partial charge in [-0.3, -0.25) is 4.90 Å². The highest BCUT2D eigenvalue weighted by molar-refractivity contribution is 5.80. The number of nitrogens with one attached hydrogen (secondary N) is 1. The Hall–Kier alpha value is -2.45. The molecule has 3 heterocycles. The molecule has 0 radical (unpaired) electrons. The summed E-state index contributed by atoms with van der Waals surface area (Å²) in [6.45, 7) is 11.7. The Bertz CT molecular complexity index is 860. The van der Waals surface area contributed by atoms with Gasteiger partial charge in [-0.05, 0) is 31.7 Å². The molecular weight excluding hydrogens is 390 g/mol. The molecule has 168 valence electrons. The van der Waals surface area contributed by atoms with Gasteiger partial charge in [-0.15, -0.1) is 10.2 Å². The van der Waals surface area contributed by atoms with E-state index >= 15 is 0 Å². The number of hydrogen-bond donors (Lipinski definition) is 1. The smallest absolute Gasteiger partial charge is 0.194 e. The SMILES string of the molecule is Cc1nnc(CN=C(NC(C)c2ccccc2)N2CCC(CN3CCOCC3)C2)n1C. The lowest BCUT2D eigenvalue weighted by atomic mass is 10.1. The summed E-state index contributed by atoms with van der Waals surface area (Å²) < 4.78 is 7.51. The fourth-order valence-electron chi connectivity index (χ4n) is 4.31. The van der Waals surface area contributed by atoms with E-state index in [0.717, 1.165) is 63.5 Å². The first-order valence-corrected chi connectivity index (χ1v) is 11.4. The molecule has 1 aromatic carbocycles. The van der Waals surface area contributed by atoms with Gasteiger partial charge in [0.1, 0.15) is 12.4 Å². The van der Waals surface area contributed by atoms with Gasteiger partial charge in [0, 0.05) is 39.8 Å². The zero-order chi connectivity index (χ0) is 21.6. The summed E-state index contributed by atoms with van der Waals surface area (Å²) >= 11 is 0. The molecule has 8 heteroatoms. The molecule has 0 saturated carbocycles. The highest BCUT2D eigenvalue weighted by atomic mass is 16.5. The molecule has 4 rings (SSSR count). The van der Waals surface area contributed by atoms with E-state index in [-0.39, 0.29) is 6.04 Å². The van der Waals surface area contributed by atoms with Crippen LogP contribution in [0.5, 0.6) is 0 Å².